The number of halogens is 4. The molecule has 1 aliphatic carbocycles. The summed E-state index contributed by atoms with van der Waals surface area (Å²) in [5, 5.41) is 3.16. The van der Waals surface area contributed by atoms with Gasteiger partial charge < -0.3 is 14.8 Å². The maximum absolute atomic E-state index is 13.1. The minimum Gasteiger partial charge on any atom is -0.489 e. The van der Waals surface area contributed by atoms with Crippen molar-refractivity contribution >= 4 is 23.2 Å². The van der Waals surface area contributed by atoms with Gasteiger partial charge in [0, 0.05) is 18.1 Å². The zero-order valence-electron chi connectivity index (χ0n) is 15.1. The van der Waals surface area contributed by atoms with Gasteiger partial charge in [-0.25, -0.2) is 0 Å². The fraction of sp³-hybridized carbons (Fsp3) is 0.350. The van der Waals surface area contributed by atoms with Crippen molar-refractivity contribution < 1.29 is 27.4 Å². The number of hydrogen-bond acceptors (Lipinski definition) is 3. The lowest BCUT2D eigenvalue weighted by Gasteiger charge is -2.15. The molecule has 1 fully saturated rings. The molecule has 1 saturated carbocycles. The number of anilines is 1. The third kappa shape index (κ3) is 4.77. The number of carbonyl (C=O) groups excluding carboxylic acids is 1. The second-order valence-electron chi connectivity index (χ2n) is 6.51. The van der Waals surface area contributed by atoms with Crippen LogP contribution in [-0.4, -0.2) is 26.2 Å². The van der Waals surface area contributed by atoms with Gasteiger partial charge in [-0.1, -0.05) is 29.8 Å². The second kappa shape index (κ2) is 8.41. The van der Waals surface area contributed by atoms with Crippen LogP contribution in [-0.2, 0) is 15.7 Å². The number of rotatable bonds is 7. The highest BCUT2D eigenvalue weighted by molar-refractivity contribution is 6.31. The molecule has 3 rings (SSSR count). The second-order valence-corrected chi connectivity index (χ2v) is 6.92. The van der Waals surface area contributed by atoms with Crippen LogP contribution >= 0.6 is 11.6 Å². The van der Waals surface area contributed by atoms with Crippen LogP contribution in [0.15, 0.2) is 42.5 Å². The van der Waals surface area contributed by atoms with Crippen molar-refractivity contribution in [2.45, 2.75) is 18.5 Å². The summed E-state index contributed by atoms with van der Waals surface area (Å²) >= 11 is 6.17. The minimum absolute atomic E-state index is 0.0132. The molecular weight excluding hydrogens is 395 g/mol. The van der Waals surface area contributed by atoms with Crippen LogP contribution in [0.5, 0.6) is 5.75 Å². The lowest BCUT2D eigenvalue weighted by atomic mass is 10.1. The highest BCUT2D eigenvalue weighted by Crippen LogP contribution is 2.50. The number of benzene rings is 2. The zero-order chi connectivity index (χ0) is 20.3. The van der Waals surface area contributed by atoms with Crippen molar-refractivity contribution in [1.29, 1.82) is 0 Å². The van der Waals surface area contributed by atoms with Gasteiger partial charge in [-0.05, 0) is 42.2 Å². The molecule has 2 aromatic carbocycles. The Morgan fingerprint density at radius 1 is 1.21 bits per heavy atom. The summed E-state index contributed by atoms with van der Waals surface area (Å²) in [5.74, 6) is -0.590. The number of carbonyl (C=O) groups is 1. The molecule has 0 aromatic heterocycles. The van der Waals surface area contributed by atoms with Gasteiger partial charge in [-0.3, -0.25) is 4.79 Å². The van der Waals surface area contributed by atoms with Crippen molar-refractivity contribution in [2.24, 2.45) is 5.92 Å². The molecule has 2 unspecified atom stereocenters. The highest BCUT2D eigenvalue weighted by atomic mass is 35.5. The first-order valence-electron chi connectivity index (χ1n) is 8.69. The van der Waals surface area contributed by atoms with E-state index in [0.717, 1.165) is 17.7 Å². The average molecular weight is 414 g/mol. The van der Waals surface area contributed by atoms with E-state index in [9.17, 15) is 18.0 Å². The quantitative estimate of drug-likeness (QED) is 0.640. The van der Waals surface area contributed by atoms with Crippen molar-refractivity contribution in [3.63, 3.8) is 0 Å². The van der Waals surface area contributed by atoms with E-state index in [1.54, 1.807) is 12.1 Å². The zero-order valence-corrected chi connectivity index (χ0v) is 15.8. The van der Waals surface area contributed by atoms with Crippen LogP contribution in [0, 0.1) is 5.92 Å². The Morgan fingerprint density at radius 3 is 2.64 bits per heavy atom. The summed E-state index contributed by atoms with van der Waals surface area (Å²) in [4.78, 5) is 12.6. The summed E-state index contributed by atoms with van der Waals surface area (Å²) < 4.78 is 49.5. The molecule has 150 valence electrons. The summed E-state index contributed by atoms with van der Waals surface area (Å²) in [5.41, 5.74) is -0.00833. The minimum atomic E-state index is -4.52. The Hall–Kier alpha value is -2.25. The number of amides is 1. The summed E-state index contributed by atoms with van der Waals surface area (Å²) in [6, 6.07) is 10.2. The van der Waals surface area contributed by atoms with Crippen molar-refractivity contribution in [3.05, 3.63) is 58.6 Å². The number of ether oxygens (including phenoxy) is 2. The smallest absolute Gasteiger partial charge is 0.416 e. The molecule has 0 radical (unpaired) electrons. The number of alkyl halides is 3. The van der Waals surface area contributed by atoms with Gasteiger partial charge in [0.05, 0.1) is 17.9 Å². The molecule has 0 spiro atoms. The van der Waals surface area contributed by atoms with E-state index in [0.29, 0.717) is 11.4 Å². The molecule has 0 saturated heterocycles. The molecule has 4 nitrogen and oxygen atoms in total. The normalized spacial score (nSPS) is 18.6. The third-order valence-corrected chi connectivity index (χ3v) is 4.89. The molecule has 1 N–H and O–H groups in total. The molecule has 0 aliphatic heterocycles. The van der Waals surface area contributed by atoms with Crippen molar-refractivity contribution in [3.8, 4) is 5.75 Å². The monoisotopic (exact) mass is 413 g/mol. The molecule has 1 amide bonds. The third-order valence-electron chi connectivity index (χ3n) is 4.54. The Labute approximate surface area is 165 Å². The highest BCUT2D eigenvalue weighted by Gasteiger charge is 2.45. The van der Waals surface area contributed by atoms with Gasteiger partial charge >= 0.3 is 6.18 Å². The Morgan fingerprint density at radius 2 is 1.96 bits per heavy atom. The fourth-order valence-corrected chi connectivity index (χ4v) is 3.27. The standard InChI is InChI=1S/C20H19ClF3NO3/c1-27-8-9-28-18-7-6-12(20(22,23)24)10-17(18)25-19(26)15-11-14(15)13-4-2-3-5-16(13)21/h2-7,10,14-15H,8-9,11H2,1H3,(H,25,26). The summed E-state index contributed by atoms with van der Waals surface area (Å²) in [7, 11) is 1.49. The van der Waals surface area contributed by atoms with Gasteiger partial charge in [-0.15, -0.1) is 0 Å². The molecule has 0 bridgehead atoms. The van der Waals surface area contributed by atoms with Crippen LogP contribution in [0.4, 0.5) is 18.9 Å². The summed E-state index contributed by atoms with van der Waals surface area (Å²) in [6.07, 6.45) is -3.93. The summed E-state index contributed by atoms with van der Waals surface area (Å²) in [6.45, 7) is 0.419. The predicted octanol–water partition coefficient (Wildman–Crippen LogP) is 5.13. The van der Waals surface area contributed by atoms with Crippen molar-refractivity contribution in [1.82, 2.24) is 0 Å². The first-order valence-corrected chi connectivity index (χ1v) is 9.07. The van der Waals surface area contributed by atoms with Crippen LogP contribution in [0.2, 0.25) is 5.02 Å². The molecule has 8 heteroatoms. The molecule has 2 aromatic rings. The van der Waals surface area contributed by atoms with E-state index < -0.39 is 11.7 Å². The van der Waals surface area contributed by atoms with Gasteiger partial charge in [0.15, 0.2) is 0 Å². The van der Waals surface area contributed by atoms with Crippen LogP contribution < -0.4 is 10.1 Å². The Bertz CT molecular complexity index is 857. The first kappa shape index (κ1) is 20.5. The van der Waals surface area contributed by atoms with E-state index in [4.69, 9.17) is 21.1 Å². The Balaban J connectivity index is 1.76. The predicted molar refractivity (Wildman–Crippen MR) is 99.7 cm³/mol. The maximum Gasteiger partial charge on any atom is 0.416 e. The van der Waals surface area contributed by atoms with Crippen LogP contribution in [0.25, 0.3) is 0 Å². The topological polar surface area (TPSA) is 47.6 Å². The van der Waals surface area contributed by atoms with Gasteiger partial charge in [0.1, 0.15) is 12.4 Å². The van der Waals surface area contributed by atoms with Gasteiger partial charge in [0.2, 0.25) is 5.91 Å². The first-order chi connectivity index (χ1) is 13.3. The number of hydrogen-bond donors (Lipinski definition) is 1. The molecule has 0 heterocycles. The number of nitrogens with one attached hydrogen (secondary N) is 1. The van der Waals surface area contributed by atoms with E-state index in [2.05, 4.69) is 5.32 Å². The van der Waals surface area contributed by atoms with Gasteiger partial charge in [-0.2, -0.15) is 13.2 Å². The van der Waals surface area contributed by atoms with Crippen LogP contribution in [0.3, 0.4) is 0 Å². The fourth-order valence-electron chi connectivity index (χ4n) is 2.99. The molecule has 1 aliphatic rings. The molecular formula is C20H19ClF3NO3. The van der Waals surface area contributed by atoms with Crippen molar-refractivity contribution in [2.75, 3.05) is 25.6 Å². The SMILES string of the molecule is COCCOc1ccc(C(F)(F)F)cc1NC(=O)C1CC1c1ccccc1Cl. The van der Waals surface area contributed by atoms with Gasteiger partial charge in [0.25, 0.3) is 0 Å². The maximum atomic E-state index is 13.1. The van der Waals surface area contributed by atoms with Crippen LogP contribution in [0.1, 0.15) is 23.5 Å². The molecule has 28 heavy (non-hydrogen) atoms. The Kier molecular flexibility index (Phi) is 6.15. The number of methoxy groups -OCH3 is 1. The molecule has 2 atom stereocenters. The van der Waals surface area contributed by atoms with E-state index in [1.807, 2.05) is 12.1 Å². The average Bonchev–Trinajstić information content (AvgIpc) is 3.43. The van der Waals surface area contributed by atoms with E-state index in [1.165, 1.54) is 13.2 Å². The largest absolute Gasteiger partial charge is 0.489 e. The lowest BCUT2D eigenvalue weighted by Crippen LogP contribution is -2.17. The lowest BCUT2D eigenvalue weighted by molar-refractivity contribution is -0.137. The van der Waals surface area contributed by atoms with E-state index >= 15 is 0 Å². The van der Waals surface area contributed by atoms with E-state index in [-0.39, 0.29) is 42.4 Å².